The Morgan fingerprint density at radius 1 is 1.28 bits per heavy atom. The Morgan fingerprint density at radius 3 is 2.44 bits per heavy atom. The number of carbonyl (C=O) groups is 3. The Morgan fingerprint density at radius 2 is 1.92 bits per heavy atom. The lowest BCUT2D eigenvalue weighted by atomic mass is 9.93. The van der Waals surface area contributed by atoms with Crippen molar-refractivity contribution in [3.8, 4) is 0 Å². The summed E-state index contributed by atoms with van der Waals surface area (Å²) in [5, 5.41) is 6.41. The van der Waals surface area contributed by atoms with Crippen molar-refractivity contribution in [2.45, 2.75) is 65.0 Å². The average molecular weight is 351 g/mol. The van der Waals surface area contributed by atoms with E-state index in [4.69, 9.17) is 9.26 Å². The van der Waals surface area contributed by atoms with Crippen LogP contribution in [0.1, 0.15) is 53.7 Å². The van der Waals surface area contributed by atoms with Gasteiger partial charge in [0.05, 0.1) is 6.54 Å². The fraction of sp³-hybridized carbons (Fsp3) is 0.647. The zero-order chi connectivity index (χ0) is 19.0. The summed E-state index contributed by atoms with van der Waals surface area (Å²) in [6.45, 7) is 10.9. The summed E-state index contributed by atoms with van der Waals surface area (Å²) >= 11 is 0. The second kappa shape index (κ2) is 6.50. The number of anilines is 1. The van der Waals surface area contributed by atoms with Crippen molar-refractivity contribution < 1.29 is 23.6 Å². The standard InChI is InChI=1S/C17H25N3O5/c1-16(2,3)12-8-13(19-25-12)18-14(22)11-7-10(21)9-20(11)15(23)24-17(4,5)6/h8,11H,7,9H2,1-6H3,(H,18,19,22). The molecule has 1 unspecified atom stereocenters. The Kier molecular flexibility index (Phi) is 4.92. The van der Waals surface area contributed by atoms with Crippen molar-refractivity contribution in [1.82, 2.24) is 10.1 Å². The van der Waals surface area contributed by atoms with E-state index in [9.17, 15) is 14.4 Å². The summed E-state index contributed by atoms with van der Waals surface area (Å²) in [6.07, 6.45) is -0.733. The van der Waals surface area contributed by atoms with Crippen LogP contribution in [0, 0.1) is 0 Å². The Balaban J connectivity index is 2.09. The van der Waals surface area contributed by atoms with Gasteiger partial charge in [0.25, 0.3) is 0 Å². The maximum atomic E-state index is 12.5. The summed E-state index contributed by atoms with van der Waals surface area (Å²) in [4.78, 5) is 37.7. The van der Waals surface area contributed by atoms with Crippen molar-refractivity contribution in [2.75, 3.05) is 11.9 Å². The first-order valence-electron chi connectivity index (χ1n) is 8.16. The van der Waals surface area contributed by atoms with Crippen molar-refractivity contribution in [2.24, 2.45) is 0 Å². The number of hydrogen-bond donors (Lipinski definition) is 1. The molecule has 2 heterocycles. The van der Waals surface area contributed by atoms with Crippen LogP contribution in [0.25, 0.3) is 0 Å². The summed E-state index contributed by atoms with van der Waals surface area (Å²) in [5.74, 6) is 0.180. The zero-order valence-corrected chi connectivity index (χ0v) is 15.5. The van der Waals surface area contributed by atoms with Crippen LogP contribution in [0.4, 0.5) is 10.6 Å². The lowest BCUT2D eigenvalue weighted by Gasteiger charge is -2.27. The van der Waals surface area contributed by atoms with Crippen LogP contribution in [0.2, 0.25) is 0 Å². The predicted molar refractivity (Wildman–Crippen MR) is 90.2 cm³/mol. The molecule has 1 aromatic heterocycles. The van der Waals surface area contributed by atoms with Gasteiger partial charge in [-0.05, 0) is 20.8 Å². The van der Waals surface area contributed by atoms with Gasteiger partial charge >= 0.3 is 6.09 Å². The fourth-order valence-electron chi connectivity index (χ4n) is 2.33. The highest BCUT2D eigenvalue weighted by atomic mass is 16.6. The number of aromatic nitrogens is 1. The van der Waals surface area contributed by atoms with Gasteiger partial charge in [0.15, 0.2) is 11.6 Å². The summed E-state index contributed by atoms with van der Waals surface area (Å²) in [7, 11) is 0. The molecule has 1 atom stereocenters. The molecular formula is C17H25N3O5. The number of nitrogens with zero attached hydrogens (tertiary/aromatic N) is 2. The molecule has 1 fully saturated rings. The third-order valence-electron chi connectivity index (χ3n) is 3.58. The molecule has 0 spiro atoms. The van der Waals surface area contributed by atoms with Crippen LogP contribution in [0.3, 0.4) is 0 Å². The molecule has 0 saturated carbocycles. The Hall–Kier alpha value is -2.38. The van der Waals surface area contributed by atoms with Gasteiger partial charge in [-0.1, -0.05) is 25.9 Å². The van der Waals surface area contributed by atoms with Gasteiger partial charge in [0, 0.05) is 17.9 Å². The van der Waals surface area contributed by atoms with Gasteiger partial charge in [-0.2, -0.15) is 0 Å². The van der Waals surface area contributed by atoms with Gasteiger partial charge in [-0.3, -0.25) is 14.5 Å². The van der Waals surface area contributed by atoms with E-state index in [1.807, 2.05) is 20.8 Å². The number of likely N-dealkylation sites (tertiary alicyclic amines) is 1. The third-order valence-corrected chi connectivity index (χ3v) is 3.58. The lowest BCUT2D eigenvalue weighted by Crippen LogP contribution is -2.45. The number of nitrogens with one attached hydrogen (secondary N) is 1. The Bertz CT molecular complexity index is 681. The van der Waals surface area contributed by atoms with E-state index >= 15 is 0 Å². The number of Topliss-reactive ketones (excluding diaryl/α,β-unsaturated/α-hetero) is 1. The Labute approximate surface area is 146 Å². The largest absolute Gasteiger partial charge is 0.444 e. The molecule has 1 saturated heterocycles. The molecular weight excluding hydrogens is 326 g/mol. The maximum Gasteiger partial charge on any atom is 0.411 e. The third kappa shape index (κ3) is 4.80. The van der Waals surface area contributed by atoms with E-state index < -0.39 is 23.6 Å². The number of hydrogen-bond acceptors (Lipinski definition) is 6. The van der Waals surface area contributed by atoms with Crippen molar-refractivity contribution >= 4 is 23.6 Å². The predicted octanol–water partition coefficient (Wildman–Crippen LogP) is 2.49. The first kappa shape index (κ1) is 19.0. The lowest BCUT2D eigenvalue weighted by molar-refractivity contribution is -0.121. The average Bonchev–Trinajstić information content (AvgIpc) is 3.02. The number of amides is 2. The molecule has 0 bridgehead atoms. The zero-order valence-electron chi connectivity index (χ0n) is 15.5. The van der Waals surface area contributed by atoms with Gasteiger partial charge < -0.3 is 14.6 Å². The molecule has 2 amide bonds. The molecule has 8 nitrogen and oxygen atoms in total. The number of carbonyl (C=O) groups excluding carboxylic acids is 3. The minimum atomic E-state index is -0.919. The van der Waals surface area contributed by atoms with Crippen LogP contribution in [0.15, 0.2) is 10.6 Å². The molecule has 25 heavy (non-hydrogen) atoms. The van der Waals surface area contributed by atoms with Gasteiger partial charge in [0.2, 0.25) is 5.91 Å². The normalized spacial score (nSPS) is 18.4. The van der Waals surface area contributed by atoms with E-state index in [1.165, 1.54) is 0 Å². The van der Waals surface area contributed by atoms with E-state index in [-0.39, 0.29) is 30.0 Å². The topological polar surface area (TPSA) is 102 Å². The van der Waals surface area contributed by atoms with E-state index in [0.717, 1.165) is 4.90 Å². The highest BCUT2D eigenvalue weighted by Crippen LogP contribution is 2.25. The molecule has 1 N–H and O–H groups in total. The summed E-state index contributed by atoms with van der Waals surface area (Å²) in [5.41, 5.74) is -0.959. The van der Waals surface area contributed by atoms with Crippen molar-refractivity contribution in [3.05, 3.63) is 11.8 Å². The van der Waals surface area contributed by atoms with Crippen molar-refractivity contribution in [3.63, 3.8) is 0 Å². The smallest absolute Gasteiger partial charge is 0.411 e. The number of ether oxygens (including phenoxy) is 1. The van der Waals surface area contributed by atoms with Gasteiger partial charge in [0.1, 0.15) is 17.4 Å². The number of rotatable bonds is 2. The van der Waals surface area contributed by atoms with Gasteiger partial charge in [-0.25, -0.2) is 4.79 Å². The molecule has 0 aromatic carbocycles. The molecule has 1 aliphatic rings. The van der Waals surface area contributed by atoms with Gasteiger partial charge in [-0.15, -0.1) is 0 Å². The molecule has 2 rings (SSSR count). The second-order valence-corrected chi connectivity index (χ2v) is 8.18. The fourth-order valence-corrected chi connectivity index (χ4v) is 2.33. The molecule has 8 heteroatoms. The highest BCUT2D eigenvalue weighted by molar-refractivity contribution is 6.02. The van der Waals surface area contributed by atoms with Crippen LogP contribution in [-0.2, 0) is 19.7 Å². The molecule has 1 aromatic rings. The van der Waals surface area contributed by atoms with Crippen molar-refractivity contribution in [1.29, 1.82) is 0 Å². The molecule has 0 radical (unpaired) electrons. The maximum absolute atomic E-state index is 12.5. The van der Waals surface area contributed by atoms with Crippen LogP contribution in [-0.4, -0.2) is 46.0 Å². The van der Waals surface area contributed by atoms with E-state index in [2.05, 4.69) is 10.5 Å². The minimum absolute atomic E-state index is 0.0466. The van der Waals surface area contributed by atoms with Crippen LogP contribution >= 0.6 is 0 Å². The molecule has 0 aliphatic carbocycles. The molecule has 1 aliphatic heterocycles. The quantitative estimate of drug-likeness (QED) is 0.878. The SMILES string of the molecule is CC(C)(C)OC(=O)N1CC(=O)CC1C(=O)Nc1cc(C(C)(C)C)on1. The first-order chi connectivity index (χ1) is 11.4. The minimum Gasteiger partial charge on any atom is -0.444 e. The summed E-state index contributed by atoms with van der Waals surface area (Å²) in [6, 6.07) is 0.712. The summed E-state index contributed by atoms with van der Waals surface area (Å²) < 4.78 is 10.5. The number of ketones is 1. The highest BCUT2D eigenvalue weighted by Gasteiger charge is 2.41. The monoisotopic (exact) mass is 351 g/mol. The van der Waals surface area contributed by atoms with E-state index in [0.29, 0.717) is 5.76 Å². The van der Waals surface area contributed by atoms with Crippen LogP contribution < -0.4 is 5.32 Å². The second-order valence-electron chi connectivity index (χ2n) is 8.18. The molecule has 138 valence electrons. The van der Waals surface area contributed by atoms with Crippen LogP contribution in [0.5, 0.6) is 0 Å². The van der Waals surface area contributed by atoms with E-state index in [1.54, 1.807) is 26.8 Å². The first-order valence-corrected chi connectivity index (χ1v) is 8.16.